The molecule has 96 valence electrons. The van der Waals surface area contributed by atoms with Gasteiger partial charge < -0.3 is 15.3 Å². The number of carbonyl (C=O) groups excluding carboxylic acids is 1. The smallest absolute Gasteiger partial charge is 0.376 e. The van der Waals surface area contributed by atoms with Crippen molar-refractivity contribution >= 4 is 17.5 Å². The second-order valence-corrected chi connectivity index (χ2v) is 3.17. The van der Waals surface area contributed by atoms with Crippen LogP contribution < -0.4 is 5.73 Å². The van der Waals surface area contributed by atoms with Crippen molar-refractivity contribution in [2.24, 2.45) is 10.9 Å². The van der Waals surface area contributed by atoms with E-state index in [9.17, 15) is 14.9 Å². The minimum atomic E-state index is -0.811. The zero-order valence-electron chi connectivity index (χ0n) is 9.53. The number of benzene rings is 1. The van der Waals surface area contributed by atoms with E-state index in [-0.39, 0.29) is 12.3 Å². The van der Waals surface area contributed by atoms with E-state index in [1.165, 1.54) is 18.2 Å². The molecule has 0 saturated carbocycles. The van der Waals surface area contributed by atoms with Crippen LogP contribution >= 0.6 is 0 Å². The van der Waals surface area contributed by atoms with Crippen molar-refractivity contribution in [3.8, 4) is 0 Å². The number of nitrogens with zero attached hydrogens (tertiary/aromatic N) is 2. The molecule has 0 radical (unpaired) electrons. The quantitative estimate of drug-likeness (QED) is 0.275. The number of methoxy groups -OCH3 is 1. The normalized spacial score (nSPS) is 10.8. The maximum Gasteiger partial charge on any atom is 0.376 e. The number of ether oxygens (including phenoxy) is 1. The van der Waals surface area contributed by atoms with Crippen LogP contribution in [0.2, 0.25) is 0 Å². The molecular formula is C10H11N3O5. The molecule has 0 amide bonds. The van der Waals surface area contributed by atoms with Gasteiger partial charge in [-0.3, -0.25) is 10.1 Å². The number of non-ortho nitro benzene ring substituents is 1. The lowest BCUT2D eigenvalue weighted by Crippen LogP contribution is -2.25. The first-order valence-corrected chi connectivity index (χ1v) is 4.81. The third-order valence-electron chi connectivity index (χ3n) is 1.91. The van der Waals surface area contributed by atoms with Crippen molar-refractivity contribution in [3.05, 3.63) is 39.9 Å². The maximum atomic E-state index is 10.9. The van der Waals surface area contributed by atoms with Gasteiger partial charge in [-0.1, -0.05) is 17.3 Å². The summed E-state index contributed by atoms with van der Waals surface area (Å²) in [4.78, 5) is 25.6. The molecule has 0 fully saturated rings. The fourth-order valence-electron chi connectivity index (χ4n) is 1.08. The van der Waals surface area contributed by atoms with Gasteiger partial charge in [0.25, 0.3) is 5.69 Å². The fraction of sp³-hybridized carbons (Fsp3) is 0.200. The van der Waals surface area contributed by atoms with Gasteiger partial charge >= 0.3 is 5.97 Å². The van der Waals surface area contributed by atoms with Gasteiger partial charge in [0.1, 0.15) is 6.61 Å². The Morgan fingerprint density at radius 1 is 1.56 bits per heavy atom. The molecule has 8 nitrogen and oxygen atoms in total. The molecule has 2 N–H and O–H groups in total. The molecule has 0 aromatic heterocycles. The van der Waals surface area contributed by atoms with Gasteiger partial charge in [-0.05, 0) is 5.56 Å². The Bertz CT molecular complexity index is 486. The van der Waals surface area contributed by atoms with Crippen LogP contribution in [0.3, 0.4) is 0 Å². The summed E-state index contributed by atoms with van der Waals surface area (Å²) in [6.45, 7) is -0.0423. The van der Waals surface area contributed by atoms with Crippen LogP contribution in [0.25, 0.3) is 0 Å². The molecule has 1 aromatic carbocycles. The fourth-order valence-corrected chi connectivity index (χ4v) is 1.08. The van der Waals surface area contributed by atoms with E-state index in [2.05, 4.69) is 9.89 Å². The highest BCUT2D eigenvalue weighted by Crippen LogP contribution is 2.13. The molecule has 0 saturated heterocycles. The number of rotatable bonds is 4. The Morgan fingerprint density at radius 2 is 2.28 bits per heavy atom. The van der Waals surface area contributed by atoms with Crippen LogP contribution in [0.1, 0.15) is 5.56 Å². The molecule has 0 atom stereocenters. The van der Waals surface area contributed by atoms with Crippen LogP contribution in [-0.2, 0) is 21.0 Å². The largest absolute Gasteiger partial charge is 0.463 e. The van der Waals surface area contributed by atoms with Gasteiger partial charge in [0.15, 0.2) is 0 Å². The van der Waals surface area contributed by atoms with Gasteiger partial charge in [-0.25, -0.2) is 4.79 Å². The van der Waals surface area contributed by atoms with Crippen LogP contribution in [-0.4, -0.2) is 23.8 Å². The Morgan fingerprint density at radius 3 is 2.89 bits per heavy atom. The van der Waals surface area contributed by atoms with Gasteiger partial charge in [0, 0.05) is 12.1 Å². The zero-order valence-corrected chi connectivity index (χ0v) is 9.53. The van der Waals surface area contributed by atoms with E-state index in [1.807, 2.05) is 0 Å². The first-order valence-electron chi connectivity index (χ1n) is 4.81. The van der Waals surface area contributed by atoms with Gasteiger partial charge in [-0.15, -0.1) is 0 Å². The molecule has 1 aromatic rings. The van der Waals surface area contributed by atoms with Gasteiger partial charge in [0.2, 0.25) is 5.84 Å². The highest BCUT2D eigenvalue weighted by atomic mass is 16.6. The lowest BCUT2D eigenvalue weighted by Gasteiger charge is -2.01. The van der Waals surface area contributed by atoms with Crippen molar-refractivity contribution in [3.63, 3.8) is 0 Å². The number of nitro groups is 1. The molecular weight excluding hydrogens is 242 g/mol. The molecule has 0 spiro atoms. The molecule has 0 unspecified atom stereocenters. The summed E-state index contributed by atoms with van der Waals surface area (Å²) >= 11 is 0. The highest BCUT2D eigenvalue weighted by molar-refractivity contribution is 6.34. The van der Waals surface area contributed by atoms with E-state index in [0.717, 1.165) is 7.11 Å². The maximum absolute atomic E-state index is 10.9. The Labute approximate surface area is 102 Å². The van der Waals surface area contributed by atoms with Crippen molar-refractivity contribution in [1.82, 2.24) is 0 Å². The SMILES string of the molecule is COC(=O)/C(N)=N/OCc1cccc([N+](=O)[O-])c1. The molecule has 0 bridgehead atoms. The summed E-state index contributed by atoms with van der Waals surface area (Å²) in [5.41, 5.74) is 5.69. The monoisotopic (exact) mass is 253 g/mol. The number of amidine groups is 1. The third-order valence-corrected chi connectivity index (χ3v) is 1.91. The molecule has 18 heavy (non-hydrogen) atoms. The highest BCUT2D eigenvalue weighted by Gasteiger charge is 2.08. The second kappa shape index (κ2) is 6.18. The summed E-state index contributed by atoms with van der Waals surface area (Å²) in [5, 5.41) is 13.8. The number of carbonyl (C=O) groups is 1. The predicted molar refractivity (Wildman–Crippen MR) is 61.5 cm³/mol. The van der Waals surface area contributed by atoms with Crippen LogP contribution in [0, 0.1) is 10.1 Å². The summed E-state index contributed by atoms with van der Waals surface area (Å²) in [6.07, 6.45) is 0. The minimum Gasteiger partial charge on any atom is -0.463 e. The molecule has 0 heterocycles. The Balaban J connectivity index is 2.61. The first kappa shape index (κ1) is 13.4. The molecule has 1 rings (SSSR count). The third kappa shape index (κ3) is 3.74. The molecule has 0 aliphatic heterocycles. The number of oxime groups is 1. The van der Waals surface area contributed by atoms with Crippen molar-refractivity contribution < 1.29 is 19.3 Å². The van der Waals surface area contributed by atoms with Crippen LogP contribution in [0.5, 0.6) is 0 Å². The second-order valence-electron chi connectivity index (χ2n) is 3.17. The predicted octanol–water partition coefficient (Wildman–Crippen LogP) is 0.557. The first-order chi connectivity index (χ1) is 8.54. The Kier molecular flexibility index (Phi) is 4.61. The van der Waals surface area contributed by atoms with Crippen molar-refractivity contribution in [2.45, 2.75) is 6.61 Å². The van der Waals surface area contributed by atoms with Crippen molar-refractivity contribution in [2.75, 3.05) is 7.11 Å². The summed E-state index contributed by atoms with van der Waals surface area (Å²) in [6, 6.07) is 5.83. The van der Waals surface area contributed by atoms with E-state index < -0.39 is 16.7 Å². The van der Waals surface area contributed by atoms with E-state index >= 15 is 0 Å². The lowest BCUT2D eigenvalue weighted by atomic mass is 10.2. The number of esters is 1. The minimum absolute atomic E-state index is 0.0423. The number of nitrogens with two attached hydrogens (primary N) is 1. The van der Waals surface area contributed by atoms with Gasteiger partial charge in [0.05, 0.1) is 12.0 Å². The summed E-state index contributed by atoms with van der Waals surface area (Å²) in [7, 11) is 1.16. The molecule has 0 aliphatic carbocycles. The zero-order chi connectivity index (χ0) is 13.5. The average molecular weight is 253 g/mol. The summed E-state index contributed by atoms with van der Waals surface area (Å²) in [5.74, 6) is -1.24. The van der Waals surface area contributed by atoms with E-state index in [4.69, 9.17) is 10.6 Å². The van der Waals surface area contributed by atoms with Gasteiger partial charge in [-0.2, -0.15) is 0 Å². The van der Waals surface area contributed by atoms with Crippen molar-refractivity contribution in [1.29, 1.82) is 0 Å². The van der Waals surface area contributed by atoms with Crippen LogP contribution in [0.15, 0.2) is 29.4 Å². The average Bonchev–Trinajstić information content (AvgIpc) is 2.38. The molecule has 0 aliphatic rings. The summed E-state index contributed by atoms with van der Waals surface area (Å²) < 4.78 is 4.30. The van der Waals surface area contributed by atoms with E-state index in [1.54, 1.807) is 6.07 Å². The van der Waals surface area contributed by atoms with E-state index in [0.29, 0.717) is 5.56 Å². The number of hydrogen-bond acceptors (Lipinski definition) is 6. The number of hydrogen-bond donors (Lipinski definition) is 1. The molecule has 8 heteroatoms. The lowest BCUT2D eigenvalue weighted by molar-refractivity contribution is -0.384. The standard InChI is InChI=1S/C10H11N3O5/c1-17-10(14)9(11)12-18-6-7-3-2-4-8(5-7)13(15)16/h2-5H,6H2,1H3,(H2,11,12). The topological polar surface area (TPSA) is 117 Å². The van der Waals surface area contributed by atoms with Crippen LogP contribution in [0.4, 0.5) is 5.69 Å². The Hall–Kier alpha value is -2.64. The number of nitro benzene ring substituents is 1.